The van der Waals surface area contributed by atoms with Crippen LogP contribution in [0.15, 0.2) is 28.7 Å². The van der Waals surface area contributed by atoms with Crippen molar-refractivity contribution in [3.05, 3.63) is 35.6 Å². The molecule has 1 fully saturated rings. The number of hydrogen-bond donors (Lipinski definition) is 1. The number of imide groups is 1. The Morgan fingerprint density at radius 3 is 2.81 bits per heavy atom. The minimum Gasteiger partial charge on any atom is -0.478 e. The third-order valence-corrected chi connectivity index (χ3v) is 4.12. The van der Waals surface area contributed by atoms with Gasteiger partial charge in [-0.15, -0.1) is 0 Å². The summed E-state index contributed by atoms with van der Waals surface area (Å²) in [6.07, 6.45) is 0.263. The highest BCUT2D eigenvalue weighted by Gasteiger charge is 2.30. The number of thioether (sulfide) groups is 1. The smallest absolute Gasteiger partial charge is 0.339 e. The van der Waals surface area contributed by atoms with Gasteiger partial charge in [0, 0.05) is 17.6 Å². The lowest BCUT2D eigenvalue weighted by Crippen LogP contribution is -2.37. The Morgan fingerprint density at radius 2 is 2.10 bits per heavy atom. The lowest BCUT2D eigenvalue weighted by atomic mass is 10.1. The van der Waals surface area contributed by atoms with Crippen LogP contribution in [-0.4, -0.2) is 32.9 Å². The number of aromatic carboxylic acids is 1. The fourth-order valence-electron chi connectivity index (χ4n) is 2.28. The maximum atomic E-state index is 11.8. The van der Waals surface area contributed by atoms with Crippen molar-refractivity contribution in [1.82, 2.24) is 4.90 Å². The molecule has 0 saturated carbocycles. The zero-order chi connectivity index (χ0) is 15.0. The van der Waals surface area contributed by atoms with E-state index in [1.165, 1.54) is 0 Å². The number of fused-ring (bicyclic) bond motifs is 1. The number of carboxylic acid groups (broad SMARTS) is 1. The molecule has 1 aromatic heterocycles. The van der Waals surface area contributed by atoms with Crippen LogP contribution in [0.5, 0.6) is 0 Å². The Kier molecular flexibility index (Phi) is 3.42. The molecule has 0 bridgehead atoms. The second-order valence-electron chi connectivity index (χ2n) is 4.55. The van der Waals surface area contributed by atoms with Gasteiger partial charge in [0.25, 0.3) is 5.24 Å². The second kappa shape index (κ2) is 5.25. The van der Waals surface area contributed by atoms with E-state index < -0.39 is 5.97 Å². The van der Waals surface area contributed by atoms with Gasteiger partial charge in [0.15, 0.2) is 0 Å². The van der Waals surface area contributed by atoms with Gasteiger partial charge in [-0.05, 0) is 6.07 Å². The van der Waals surface area contributed by atoms with Gasteiger partial charge in [-0.2, -0.15) is 0 Å². The summed E-state index contributed by atoms with van der Waals surface area (Å²) in [4.78, 5) is 36.1. The number of carbonyl (C=O) groups excluding carboxylic acids is 2. The van der Waals surface area contributed by atoms with Gasteiger partial charge in [-0.25, -0.2) is 4.79 Å². The molecule has 2 amide bonds. The molecule has 0 aliphatic carbocycles. The number of para-hydroxylation sites is 1. The summed E-state index contributed by atoms with van der Waals surface area (Å²) in [5.74, 6) is -0.872. The molecule has 3 rings (SSSR count). The number of hydrogen-bond acceptors (Lipinski definition) is 5. The Hall–Kier alpha value is -2.28. The van der Waals surface area contributed by atoms with E-state index in [0.717, 1.165) is 16.7 Å². The topological polar surface area (TPSA) is 87.8 Å². The monoisotopic (exact) mass is 305 g/mol. The first-order valence-corrected chi connectivity index (χ1v) is 7.27. The standard InChI is InChI=1S/C14H11NO5S/c16-11-5-6-21-14(19)15(11)7-10-12(13(17)18)8-3-1-2-4-9(8)20-10/h1-4H,5-7H2,(H,17,18). The number of furan rings is 1. The van der Waals surface area contributed by atoms with Crippen LogP contribution in [0.3, 0.4) is 0 Å². The van der Waals surface area contributed by atoms with Gasteiger partial charge in [0.05, 0.1) is 6.54 Å². The molecule has 1 aliphatic rings. The van der Waals surface area contributed by atoms with Crippen LogP contribution in [0, 0.1) is 0 Å². The van der Waals surface area contributed by atoms with Crippen LogP contribution in [0.4, 0.5) is 4.79 Å². The van der Waals surface area contributed by atoms with E-state index in [2.05, 4.69) is 0 Å². The number of rotatable bonds is 3. The summed E-state index contributed by atoms with van der Waals surface area (Å²) in [6, 6.07) is 6.73. The minimum absolute atomic E-state index is 0.00164. The van der Waals surface area contributed by atoms with Gasteiger partial charge in [-0.1, -0.05) is 30.0 Å². The van der Waals surface area contributed by atoms with Crippen LogP contribution in [0.1, 0.15) is 22.5 Å². The molecule has 1 N–H and O–H groups in total. The van der Waals surface area contributed by atoms with Crippen molar-refractivity contribution in [2.24, 2.45) is 0 Å². The van der Waals surface area contributed by atoms with Crippen molar-refractivity contribution in [3.63, 3.8) is 0 Å². The molecule has 6 nitrogen and oxygen atoms in total. The number of nitrogens with zero attached hydrogens (tertiary/aromatic N) is 1. The predicted octanol–water partition coefficient (Wildman–Crippen LogP) is 2.72. The maximum absolute atomic E-state index is 11.8. The van der Waals surface area contributed by atoms with E-state index in [4.69, 9.17) is 4.42 Å². The normalized spacial score (nSPS) is 15.7. The molecule has 1 aromatic carbocycles. The first-order chi connectivity index (χ1) is 10.1. The molecule has 7 heteroatoms. The van der Waals surface area contributed by atoms with E-state index in [-0.39, 0.29) is 35.4 Å². The first-order valence-electron chi connectivity index (χ1n) is 6.28. The minimum atomic E-state index is -1.14. The third-order valence-electron chi connectivity index (χ3n) is 3.25. The number of amides is 2. The maximum Gasteiger partial charge on any atom is 0.339 e. The molecule has 1 saturated heterocycles. The zero-order valence-corrected chi connectivity index (χ0v) is 11.7. The van der Waals surface area contributed by atoms with Crippen molar-refractivity contribution >= 4 is 39.8 Å². The Bertz CT molecular complexity index is 735. The second-order valence-corrected chi connectivity index (χ2v) is 5.59. The van der Waals surface area contributed by atoms with Gasteiger partial charge in [0.1, 0.15) is 16.9 Å². The Balaban J connectivity index is 2.04. The summed E-state index contributed by atoms with van der Waals surface area (Å²) >= 11 is 1.05. The average molecular weight is 305 g/mol. The van der Waals surface area contributed by atoms with E-state index in [0.29, 0.717) is 16.7 Å². The van der Waals surface area contributed by atoms with Crippen LogP contribution in [0.25, 0.3) is 11.0 Å². The largest absolute Gasteiger partial charge is 0.478 e. The van der Waals surface area contributed by atoms with Crippen LogP contribution in [-0.2, 0) is 11.3 Å². The van der Waals surface area contributed by atoms with E-state index >= 15 is 0 Å². The van der Waals surface area contributed by atoms with E-state index in [1.54, 1.807) is 24.3 Å². The lowest BCUT2D eigenvalue weighted by Gasteiger charge is -2.23. The van der Waals surface area contributed by atoms with Gasteiger partial charge < -0.3 is 9.52 Å². The number of benzene rings is 1. The number of carbonyl (C=O) groups is 3. The highest BCUT2D eigenvalue weighted by Crippen LogP contribution is 2.29. The van der Waals surface area contributed by atoms with Crippen molar-refractivity contribution < 1.29 is 23.9 Å². The van der Waals surface area contributed by atoms with Crippen molar-refractivity contribution in [3.8, 4) is 0 Å². The average Bonchev–Trinajstić information content (AvgIpc) is 2.81. The predicted molar refractivity (Wildman–Crippen MR) is 76.2 cm³/mol. The van der Waals surface area contributed by atoms with Crippen LogP contribution < -0.4 is 0 Å². The van der Waals surface area contributed by atoms with Crippen LogP contribution >= 0.6 is 11.8 Å². The summed E-state index contributed by atoms with van der Waals surface area (Å²) in [6.45, 7) is -0.152. The summed E-state index contributed by atoms with van der Waals surface area (Å²) in [5.41, 5.74) is 0.427. The quantitative estimate of drug-likeness (QED) is 0.938. The Morgan fingerprint density at radius 1 is 1.33 bits per heavy atom. The van der Waals surface area contributed by atoms with Gasteiger partial charge >= 0.3 is 5.97 Å². The highest BCUT2D eigenvalue weighted by molar-refractivity contribution is 8.13. The number of carboxylic acids is 1. The summed E-state index contributed by atoms with van der Waals surface area (Å²) in [5, 5.41) is 9.45. The third kappa shape index (κ3) is 2.40. The van der Waals surface area contributed by atoms with Crippen LogP contribution in [0.2, 0.25) is 0 Å². The molecule has 108 valence electrons. The zero-order valence-electron chi connectivity index (χ0n) is 10.9. The molecule has 1 aliphatic heterocycles. The van der Waals surface area contributed by atoms with Crippen molar-refractivity contribution in [2.75, 3.05) is 5.75 Å². The SMILES string of the molecule is O=C(O)c1c(CN2C(=O)CCSC2=O)oc2ccccc12. The van der Waals surface area contributed by atoms with Gasteiger partial charge in [-0.3, -0.25) is 14.5 Å². The molecule has 0 spiro atoms. The molecule has 0 unspecified atom stereocenters. The fourth-order valence-corrected chi connectivity index (χ4v) is 3.05. The Labute approximate surface area is 123 Å². The van der Waals surface area contributed by atoms with Crippen molar-refractivity contribution in [1.29, 1.82) is 0 Å². The highest BCUT2D eigenvalue weighted by atomic mass is 32.2. The summed E-state index contributed by atoms with van der Waals surface area (Å²) in [7, 11) is 0. The van der Waals surface area contributed by atoms with E-state index in [9.17, 15) is 19.5 Å². The summed E-state index contributed by atoms with van der Waals surface area (Å²) < 4.78 is 5.52. The van der Waals surface area contributed by atoms with Gasteiger partial charge in [0.2, 0.25) is 5.91 Å². The molecule has 21 heavy (non-hydrogen) atoms. The lowest BCUT2D eigenvalue weighted by molar-refractivity contribution is -0.128. The van der Waals surface area contributed by atoms with Crippen molar-refractivity contribution in [2.45, 2.75) is 13.0 Å². The molecule has 2 heterocycles. The molecular formula is C14H11NO5S. The fraction of sp³-hybridized carbons (Fsp3) is 0.214. The molecular weight excluding hydrogens is 294 g/mol. The first kappa shape index (κ1) is 13.7. The molecule has 0 atom stereocenters. The van der Waals surface area contributed by atoms with E-state index in [1.807, 2.05) is 0 Å². The molecule has 0 radical (unpaired) electrons. The molecule has 2 aromatic rings.